The van der Waals surface area contributed by atoms with Gasteiger partial charge in [-0.3, -0.25) is 0 Å². The molecule has 4 N–H and O–H groups in total. The Balaban J connectivity index is 2.36. The molecule has 0 bridgehead atoms. The van der Waals surface area contributed by atoms with Gasteiger partial charge in [0.2, 0.25) is 0 Å². The molecule has 0 saturated heterocycles. The van der Waals surface area contributed by atoms with Gasteiger partial charge in [-0.1, -0.05) is 0 Å². The average Bonchev–Trinajstić information content (AvgIpc) is 2.41. The van der Waals surface area contributed by atoms with Crippen LogP contribution in [0.5, 0.6) is 0 Å². The van der Waals surface area contributed by atoms with Crippen LogP contribution in [0, 0.1) is 11.6 Å². The van der Waals surface area contributed by atoms with Gasteiger partial charge < -0.3 is 10.7 Å². The molecule has 0 fully saturated rings. The SMILES string of the molecule is NNc1cc(C(F)(F)F)cc(Nc2ccc(F)c(F)c2)n1. The topological polar surface area (TPSA) is 63.0 Å². The van der Waals surface area contributed by atoms with Crippen molar-refractivity contribution in [2.75, 3.05) is 10.7 Å². The first-order valence-electron chi connectivity index (χ1n) is 5.57. The molecule has 4 nitrogen and oxygen atoms in total. The fourth-order valence-corrected chi connectivity index (χ4v) is 1.55. The van der Waals surface area contributed by atoms with Gasteiger partial charge in [0.1, 0.15) is 11.6 Å². The minimum absolute atomic E-state index is 0.0451. The van der Waals surface area contributed by atoms with E-state index in [2.05, 4.69) is 10.3 Å². The summed E-state index contributed by atoms with van der Waals surface area (Å²) in [4.78, 5) is 3.75. The first-order chi connectivity index (χ1) is 9.79. The summed E-state index contributed by atoms with van der Waals surface area (Å²) in [6.45, 7) is 0. The number of rotatable bonds is 3. The van der Waals surface area contributed by atoms with Crippen molar-refractivity contribution in [3.8, 4) is 0 Å². The van der Waals surface area contributed by atoms with E-state index in [4.69, 9.17) is 5.84 Å². The van der Waals surface area contributed by atoms with E-state index in [1.807, 2.05) is 5.43 Å². The second-order valence-corrected chi connectivity index (χ2v) is 4.02. The minimum atomic E-state index is -4.60. The van der Waals surface area contributed by atoms with Gasteiger partial charge in [-0.05, 0) is 24.3 Å². The Bertz CT molecular complexity index is 657. The van der Waals surface area contributed by atoms with Crippen LogP contribution < -0.4 is 16.6 Å². The van der Waals surface area contributed by atoms with Crippen LogP contribution >= 0.6 is 0 Å². The number of aromatic nitrogens is 1. The molecular formula is C12H9F5N4. The molecule has 0 unspecified atom stereocenters. The van der Waals surface area contributed by atoms with Crippen molar-refractivity contribution in [3.05, 3.63) is 47.5 Å². The molecule has 0 aliphatic carbocycles. The smallest absolute Gasteiger partial charge is 0.340 e. The van der Waals surface area contributed by atoms with Gasteiger partial charge in [-0.2, -0.15) is 13.2 Å². The van der Waals surface area contributed by atoms with E-state index >= 15 is 0 Å². The predicted molar refractivity (Wildman–Crippen MR) is 66.7 cm³/mol. The zero-order valence-corrected chi connectivity index (χ0v) is 10.3. The molecule has 21 heavy (non-hydrogen) atoms. The molecule has 2 rings (SSSR count). The highest BCUT2D eigenvalue weighted by molar-refractivity contribution is 5.59. The van der Waals surface area contributed by atoms with E-state index in [-0.39, 0.29) is 17.3 Å². The van der Waals surface area contributed by atoms with Crippen LogP contribution in [0.1, 0.15) is 5.56 Å². The maximum atomic E-state index is 13.0. The highest BCUT2D eigenvalue weighted by Gasteiger charge is 2.31. The lowest BCUT2D eigenvalue weighted by molar-refractivity contribution is -0.137. The van der Waals surface area contributed by atoms with Crippen molar-refractivity contribution in [2.45, 2.75) is 6.18 Å². The van der Waals surface area contributed by atoms with Crippen LogP contribution in [-0.4, -0.2) is 4.98 Å². The number of hydrazine groups is 1. The van der Waals surface area contributed by atoms with Crippen molar-refractivity contribution in [1.29, 1.82) is 0 Å². The maximum absolute atomic E-state index is 13.0. The second-order valence-electron chi connectivity index (χ2n) is 4.02. The minimum Gasteiger partial charge on any atom is -0.340 e. The molecule has 1 aromatic heterocycles. The molecule has 0 atom stereocenters. The summed E-state index contributed by atoms with van der Waals surface area (Å²) >= 11 is 0. The number of nitrogens with zero attached hydrogens (tertiary/aromatic N) is 1. The fraction of sp³-hybridized carbons (Fsp3) is 0.0833. The van der Waals surface area contributed by atoms with Gasteiger partial charge in [-0.25, -0.2) is 19.6 Å². The summed E-state index contributed by atoms with van der Waals surface area (Å²) in [7, 11) is 0. The van der Waals surface area contributed by atoms with Crippen LogP contribution in [0.2, 0.25) is 0 Å². The Morgan fingerprint density at radius 3 is 2.19 bits per heavy atom. The quantitative estimate of drug-likeness (QED) is 0.462. The third-order valence-corrected chi connectivity index (χ3v) is 2.49. The van der Waals surface area contributed by atoms with Crippen LogP contribution in [0.25, 0.3) is 0 Å². The van der Waals surface area contributed by atoms with Crippen LogP contribution in [0.15, 0.2) is 30.3 Å². The van der Waals surface area contributed by atoms with Gasteiger partial charge in [-0.15, -0.1) is 0 Å². The van der Waals surface area contributed by atoms with Crippen LogP contribution in [-0.2, 0) is 6.18 Å². The molecule has 0 spiro atoms. The highest BCUT2D eigenvalue weighted by atomic mass is 19.4. The largest absolute Gasteiger partial charge is 0.416 e. The molecule has 0 aliphatic heterocycles. The predicted octanol–water partition coefficient (Wildman–Crippen LogP) is 3.41. The molecule has 2 aromatic rings. The number of hydrogen-bond donors (Lipinski definition) is 3. The van der Waals surface area contributed by atoms with Gasteiger partial charge in [0, 0.05) is 11.8 Å². The zero-order valence-electron chi connectivity index (χ0n) is 10.3. The Hall–Kier alpha value is -2.42. The molecular weight excluding hydrogens is 295 g/mol. The molecule has 0 aliphatic rings. The number of alkyl halides is 3. The van der Waals surface area contributed by atoms with Crippen molar-refractivity contribution in [2.24, 2.45) is 5.84 Å². The number of anilines is 3. The number of benzene rings is 1. The fourth-order valence-electron chi connectivity index (χ4n) is 1.55. The van der Waals surface area contributed by atoms with Crippen LogP contribution in [0.3, 0.4) is 0 Å². The average molecular weight is 304 g/mol. The Labute approximate surface area is 115 Å². The van der Waals surface area contributed by atoms with E-state index in [9.17, 15) is 22.0 Å². The number of halogens is 5. The normalized spacial score (nSPS) is 11.3. The summed E-state index contributed by atoms with van der Waals surface area (Å²) in [5, 5.41) is 2.45. The van der Waals surface area contributed by atoms with Crippen molar-refractivity contribution in [1.82, 2.24) is 4.98 Å². The number of nitrogens with two attached hydrogens (primary N) is 1. The van der Waals surface area contributed by atoms with E-state index in [1.165, 1.54) is 0 Å². The molecule has 1 heterocycles. The van der Waals surface area contributed by atoms with Crippen LogP contribution in [0.4, 0.5) is 39.3 Å². The molecule has 9 heteroatoms. The lowest BCUT2D eigenvalue weighted by Gasteiger charge is -2.12. The maximum Gasteiger partial charge on any atom is 0.416 e. The van der Waals surface area contributed by atoms with Crippen molar-refractivity contribution >= 4 is 17.3 Å². The van der Waals surface area contributed by atoms with E-state index in [1.54, 1.807) is 0 Å². The third-order valence-electron chi connectivity index (χ3n) is 2.49. The number of pyridine rings is 1. The summed E-state index contributed by atoms with van der Waals surface area (Å²) in [5.41, 5.74) is 1.06. The lowest BCUT2D eigenvalue weighted by atomic mass is 10.2. The second kappa shape index (κ2) is 5.52. The zero-order chi connectivity index (χ0) is 15.6. The van der Waals surface area contributed by atoms with E-state index < -0.39 is 23.4 Å². The third kappa shape index (κ3) is 3.57. The molecule has 112 valence electrons. The Morgan fingerprint density at radius 2 is 1.62 bits per heavy atom. The Kier molecular flexibility index (Phi) is 3.94. The van der Waals surface area contributed by atoms with Gasteiger partial charge in [0.25, 0.3) is 0 Å². The summed E-state index contributed by atoms with van der Waals surface area (Å²) in [6.07, 6.45) is -4.60. The monoisotopic (exact) mass is 304 g/mol. The summed E-state index contributed by atoms with van der Waals surface area (Å²) in [5.74, 6) is 2.40. The molecule has 0 amide bonds. The number of nitrogen functional groups attached to an aromatic ring is 1. The number of nitrogens with one attached hydrogen (secondary N) is 2. The Morgan fingerprint density at radius 1 is 0.952 bits per heavy atom. The molecule has 1 aromatic carbocycles. The van der Waals surface area contributed by atoms with Gasteiger partial charge in [0.05, 0.1) is 5.56 Å². The van der Waals surface area contributed by atoms with E-state index in [0.29, 0.717) is 0 Å². The molecule has 0 saturated carbocycles. The molecule has 0 radical (unpaired) electrons. The first-order valence-corrected chi connectivity index (χ1v) is 5.57. The van der Waals surface area contributed by atoms with Crippen molar-refractivity contribution in [3.63, 3.8) is 0 Å². The van der Waals surface area contributed by atoms with E-state index in [0.717, 1.165) is 30.3 Å². The summed E-state index contributed by atoms with van der Waals surface area (Å²) < 4.78 is 63.9. The van der Waals surface area contributed by atoms with Gasteiger partial charge >= 0.3 is 6.18 Å². The standard InChI is InChI=1S/C12H9F5N4/c13-8-2-1-7(5-9(8)14)19-10-3-6(12(15,16)17)4-11(20-10)21-18/h1-5H,18H2,(H2,19,20,21). The highest BCUT2D eigenvalue weighted by Crippen LogP contribution is 2.32. The first kappa shape index (κ1) is 15.0. The number of hydrogen-bond acceptors (Lipinski definition) is 4. The van der Waals surface area contributed by atoms with Gasteiger partial charge in [0.15, 0.2) is 11.6 Å². The lowest BCUT2D eigenvalue weighted by Crippen LogP contribution is -2.13. The summed E-state index contributed by atoms with van der Waals surface area (Å²) in [6, 6.07) is 4.24. The van der Waals surface area contributed by atoms with Crippen molar-refractivity contribution < 1.29 is 22.0 Å².